The second-order valence-electron chi connectivity index (χ2n) is 5.54. The van der Waals surface area contributed by atoms with Crippen LogP contribution in [0.3, 0.4) is 0 Å². The SMILES string of the molecule is CCCCCCOc1cc(=O)cc2oc3cc(O)ccc3nc1-2. The van der Waals surface area contributed by atoms with E-state index in [4.69, 9.17) is 9.15 Å². The molecule has 0 radical (unpaired) electrons. The van der Waals surface area contributed by atoms with E-state index in [0.717, 1.165) is 19.3 Å². The van der Waals surface area contributed by atoms with Gasteiger partial charge < -0.3 is 14.3 Å². The molecule has 5 heteroatoms. The maximum absolute atomic E-state index is 11.8. The van der Waals surface area contributed by atoms with Crippen molar-refractivity contribution in [1.29, 1.82) is 0 Å². The first-order chi connectivity index (χ1) is 11.2. The van der Waals surface area contributed by atoms with Gasteiger partial charge in [0.1, 0.15) is 17.0 Å². The minimum absolute atomic E-state index is 0.0908. The number of nitrogens with zero attached hydrogens (tertiary/aromatic N) is 1. The van der Waals surface area contributed by atoms with Crippen LogP contribution in [0.2, 0.25) is 0 Å². The third-order valence-corrected chi connectivity index (χ3v) is 3.66. The average Bonchev–Trinajstić information content (AvgIpc) is 2.52. The number of aromatic hydroxyl groups is 1. The molecule has 0 saturated heterocycles. The number of fused-ring (bicyclic) bond motifs is 2. The topological polar surface area (TPSA) is 72.6 Å². The van der Waals surface area contributed by atoms with Gasteiger partial charge in [-0.05, 0) is 18.6 Å². The second kappa shape index (κ2) is 6.69. The Morgan fingerprint density at radius 2 is 2.04 bits per heavy atom. The summed E-state index contributed by atoms with van der Waals surface area (Å²) in [7, 11) is 0. The lowest BCUT2D eigenvalue weighted by Crippen LogP contribution is -2.06. The molecule has 0 fully saturated rings. The molecule has 2 aliphatic rings. The van der Waals surface area contributed by atoms with E-state index < -0.39 is 0 Å². The number of rotatable bonds is 6. The van der Waals surface area contributed by atoms with Crippen LogP contribution >= 0.6 is 0 Å². The van der Waals surface area contributed by atoms with Gasteiger partial charge >= 0.3 is 0 Å². The van der Waals surface area contributed by atoms with Gasteiger partial charge in [-0.25, -0.2) is 4.98 Å². The van der Waals surface area contributed by atoms with Gasteiger partial charge in [-0.2, -0.15) is 0 Å². The Balaban J connectivity index is 1.94. The molecule has 120 valence electrons. The summed E-state index contributed by atoms with van der Waals surface area (Å²) in [5.41, 5.74) is 1.37. The Kier molecular flexibility index (Phi) is 4.46. The fraction of sp³-hybridized carbons (Fsp3) is 0.333. The van der Waals surface area contributed by atoms with Gasteiger partial charge in [-0.1, -0.05) is 26.2 Å². The Hall–Kier alpha value is -2.56. The smallest absolute Gasteiger partial charge is 0.186 e. The molecule has 1 aliphatic carbocycles. The number of benzene rings is 2. The fourth-order valence-electron chi connectivity index (χ4n) is 2.48. The number of phenols is 1. The minimum atomic E-state index is -0.189. The van der Waals surface area contributed by atoms with E-state index in [0.29, 0.717) is 34.9 Å². The van der Waals surface area contributed by atoms with Crippen molar-refractivity contribution >= 4 is 11.1 Å². The lowest BCUT2D eigenvalue weighted by molar-refractivity contribution is 0.304. The molecular formula is C18H19NO4. The lowest BCUT2D eigenvalue weighted by Gasteiger charge is -2.12. The summed E-state index contributed by atoms with van der Waals surface area (Å²) in [6.45, 7) is 2.71. The summed E-state index contributed by atoms with van der Waals surface area (Å²) >= 11 is 0. The standard InChI is InChI=1S/C18H19NO4/c1-2-3-4-5-8-22-16-10-13(21)11-17-18(16)19-14-7-6-12(20)9-15(14)23-17/h6-7,9-11,20H,2-5,8H2,1H3. The Labute approximate surface area is 133 Å². The first kappa shape index (κ1) is 15.3. The predicted octanol–water partition coefficient (Wildman–Crippen LogP) is 3.96. The Morgan fingerprint density at radius 1 is 1.17 bits per heavy atom. The van der Waals surface area contributed by atoms with Crippen molar-refractivity contribution in [3.63, 3.8) is 0 Å². The van der Waals surface area contributed by atoms with Crippen molar-refractivity contribution in [3.05, 3.63) is 40.6 Å². The number of aromatic nitrogens is 1. The van der Waals surface area contributed by atoms with Crippen molar-refractivity contribution < 1.29 is 14.3 Å². The molecular weight excluding hydrogens is 294 g/mol. The highest BCUT2D eigenvalue weighted by molar-refractivity contribution is 5.79. The summed E-state index contributed by atoms with van der Waals surface area (Å²) in [5.74, 6) is 0.898. The molecule has 0 unspecified atom stereocenters. The number of hydrogen-bond acceptors (Lipinski definition) is 5. The van der Waals surface area contributed by atoms with Gasteiger partial charge in [-0.3, -0.25) is 4.79 Å². The zero-order valence-corrected chi connectivity index (χ0v) is 13.0. The van der Waals surface area contributed by atoms with Crippen LogP contribution in [-0.4, -0.2) is 16.7 Å². The highest BCUT2D eigenvalue weighted by atomic mass is 16.5. The van der Waals surface area contributed by atoms with Gasteiger partial charge in [-0.15, -0.1) is 0 Å². The highest BCUT2D eigenvalue weighted by Gasteiger charge is 2.16. The van der Waals surface area contributed by atoms with E-state index in [2.05, 4.69) is 11.9 Å². The van der Waals surface area contributed by atoms with Gasteiger partial charge in [0.05, 0.1) is 6.61 Å². The fourth-order valence-corrected chi connectivity index (χ4v) is 2.48. The second-order valence-corrected chi connectivity index (χ2v) is 5.54. The number of unbranched alkanes of at least 4 members (excludes halogenated alkanes) is 3. The molecule has 1 aliphatic heterocycles. The van der Waals surface area contributed by atoms with Gasteiger partial charge in [0.25, 0.3) is 0 Å². The van der Waals surface area contributed by atoms with Crippen molar-refractivity contribution in [2.45, 2.75) is 32.6 Å². The van der Waals surface area contributed by atoms with Crippen molar-refractivity contribution in [2.24, 2.45) is 0 Å². The van der Waals surface area contributed by atoms with Crippen molar-refractivity contribution in [2.75, 3.05) is 6.61 Å². The molecule has 0 bridgehead atoms. The monoisotopic (exact) mass is 313 g/mol. The number of ether oxygens (including phenoxy) is 1. The maximum atomic E-state index is 11.8. The normalized spacial score (nSPS) is 11.2. The third kappa shape index (κ3) is 3.44. The van der Waals surface area contributed by atoms with Gasteiger partial charge in [0.2, 0.25) is 0 Å². The van der Waals surface area contributed by atoms with Gasteiger partial charge in [0, 0.05) is 18.2 Å². The summed E-state index contributed by atoms with van der Waals surface area (Å²) in [5, 5.41) is 9.52. The zero-order valence-electron chi connectivity index (χ0n) is 13.0. The largest absolute Gasteiger partial charge is 0.508 e. The summed E-state index contributed by atoms with van der Waals surface area (Å²) in [6, 6.07) is 7.52. The van der Waals surface area contributed by atoms with Gasteiger partial charge in [0.15, 0.2) is 22.5 Å². The predicted molar refractivity (Wildman–Crippen MR) is 88.2 cm³/mol. The lowest BCUT2D eigenvalue weighted by atomic mass is 10.2. The van der Waals surface area contributed by atoms with E-state index in [1.54, 1.807) is 12.1 Å². The van der Waals surface area contributed by atoms with Crippen LogP contribution in [-0.2, 0) is 0 Å². The van der Waals surface area contributed by atoms with Crippen LogP contribution < -0.4 is 10.2 Å². The molecule has 0 spiro atoms. The molecule has 0 aromatic heterocycles. The number of phenolic OH excluding ortho intramolecular Hbond substituents is 1. The summed E-state index contributed by atoms with van der Waals surface area (Å²) in [6.07, 6.45) is 4.38. The summed E-state index contributed by atoms with van der Waals surface area (Å²) < 4.78 is 11.4. The van der Waals surface area contributed by atoms with E-state index in [1.807, 2.05) is 0 Å². The Morgan fingerprint density at radius 3 is 2.87 bits per heavy atom. The minimum Gasteiger partial charge on any atom is -0.508 e. The average molecular weight is 313 g/mol. The van der Waals surface area contributed by atoms with Crippen LogP contribution in [0.4, 0.5) is 0 Å². The van der Waals surface area contributed by atoms with Crippen LogP contribution in [0, 0.1) is 0 Å². The van der Waals surface area contributed by atoms with E-state index in [9.17, 15) is 9.90 Å². The third-order valence-electron chi connectivity index (χ3n) is 3.66. The molecule has 0 saturated carbocycles. The summed E-state index contributed by atoms with van der Waals surface area (Å²) in [4.78, 5) is 16.3. The van der Waals surface area contributed by atoms with Crippen LogP contribution in [0.15, 0.2) is 39.5 Å². The van der Waals surface area contributed by atoms with E-state index >= 15 is 0 Å². The Bertz CT molecular complexity index is 840. The number of hydrogen-bond donors (Lipinski definition) is 1. The molecule has 3 rings (SSSR count). The first-order valence-corrected chi connectivity index (χ1v) is 7.88. The first-order valence-electron chi connectivity index (χ1n) is 7.88. The quantitative estimate of drug-likeness (QED) is 0.551. The zero-order chi connectivity index (χ0) is 16.2. The molecule has 0 amide bonds. The molecule has 1 aromatic rings. The maximum Gasteiger partial charge on any atom is 0.186 e. The molecule has 5 nitrogen and oxygen atoms in total. The molecule has 1 N–H and O–H groups in total. The highest BCUT2D eigenvalue weighted by Crippen LogP contribution is 2.32. The van der Waals surface area contributed by atoms with E-state index in [-0.39, 0.29) is 11.2 Å². The molecule has 1 aromatic carbocycles. The molecule has 1 heterocycles. The molecule has 0 atom stereocenters. The van der Waals surface area contributed by atoms with E-state index in [1.165, 1.54) is 24.6 Å². The van der Waals surface area contributed by atoms with Crippen molar-refractivity contribution in [1.82, 2.24) is 4.98 Å². The van der Waals surface area contributed by atoms with Crippen LogP contribution in [0.5, 0.6) is 11.5 Å². The van der Waals surface area contributed by atoms with Crippen LogP contribution in [0.1, 0.15) is 32.6 Å². The van der Waals surface area contributed by atoms with Crippen molar-refractivity contribution in [3.8, 4) is 23.0 Å². The van der Waals surface area contributed by atoms with Crippen LogP contribution in [0.25, 0.3) is 22.6 Å². The molecule has 23 heavy (non-hydrogen) atoms.